The van der Waals surface area contributed by atoms with E-state index in [1.54, 1.807) is 0 Å². The van der Waals surface area contributed by atoms with Crippen molar-refractivity contribution in [2.45, 2.75) is 6.04 Å². The first-order chi connectivity index (χ1) is 9.36. The van der Waals surface area contributed by atoms with E-state index >= 15 is 0 Å². The maximum atomic E-state index is 5.85. The van der Waals surface area contributed by atoms with E-state index in [4.69, 9.17) is 15.2 Å². The van der Waals surface area contributed by atoms with Crippen LogP contribution in [0.1, 0.15) is 11.6 Å². The van der Waals surface area contributed by atoms with Gasteiger partial charge in [-0.2, -0.15) is 0 Å². The molecule has 0 amide bonds. The molecular formula is C15H16N2O2. The van der Waals surface area contributed by atoms with Gasteiger partial charge in [-0.3, -0.25) is 0 Å². The van der Waals surface area contributed by atoms with Crippen molar-refractivity contribution in [1.82, 2.24) is 0 Å². The fourth-order valence-corrected chi connectivity index (χ4v) is 2.15. The second kappa shape index (κ2) is 5.20. The quantitative estimate of drug-likeness (QED) is 0.882. The van der Waals surface area contributed by atoms with Gasteiger partial charge in [0.1, 0.15) is 0 Å². The number of ether oxygens (including phenoxy) is 2. The molecule has 1 aliphatic heterocycles. The molecule has 1 aliphatic rings. The highest BCUT2D eigenvalue weighted by atomic mass is 16.7. The van der Waals surface area contributed by atoms with Crippen LogP contribution >= 0.6 is 0 Å². The molecule has 2 aromatic carbocycles. The summed E-state index contributed by atoms with van der Waals surface area (Å²) in [6, 6.07) is 16.1. The van der Waals surface area contributed by atoms with Gasteiger partial charge in [-0.15, -0.1) is 0 Å². The molecule has 1 heterocycles. The van der Waals surface area contributed by atoms with Crippen molar-refractivity contribution < 1.29 is 9.47 Å². The molecular weight excluding hydrogens is 240 g/mol. The Labute approximate surface area is 112 Å². The van der Waals surface area contributed by atoms with Crippen LogP contribution in [-0.4, -0.2) is 13.3 Å². The minimum absolute atomic E-state index is 0.0848. The van der Waals surface area contributed by atoms with Crippen molar-refractivity contribution in [3.63, 3.8) is 0 Å². The van der Waals surface area contributed by atoms with E-state index in [0.717, 1.165) is 17.2 Å². The van der Waals surface area contributed by atoms with Crippen LogP contribution in [-0.2, 0) is 0 Å². The van der Waals surface area contributed by atoms with Crippen molar-refractivity contribution in [3.05, 3.63) is 54.1 Å². The topological polar surface area (TPSA) is 56.5 Å². The van der Waals surface area contributed by atoms with Gasteiger partial charge in [-0.1, -0.05) is 30.3 Å². The Morgan fingerprint density at radius 3 is 2.63 bits per heavy atom. The molecule has 2 aromatic rings. The lowest BCUT2D eigenvalue weighted by Gasteiger charge is -2.18. The summed E-state index contributed by atoms with van der Waals surface area (Å²) >= 11 is 0. The number of rotatable bonds is 4. The van der Waals surface area contributed by atoms with Gasteiger partial charge in [0.05, 0.1) is 6.04 Å². The Kier molecular flexibility index (Phi) is 3.25. The highest BCUT2D eigenvalue weighted by Gasteiger charge is 2.15. The molecule has 3 rings (SSSR count). The molecule has 4 heteroatoms. The van der Waals surface area contributed by atoms with Crippen molar-refractivity contribution >= 4 is 5.69 Å². The Morgan fingerprint density at radius 1 is 1.05 bits per heavy atom. The first-order valence-corrected chi connectivity index (χ1v) is 6.28. The smallest absolute Gasteiger partial charge is 0.231 e. The van der Waals surface area contributed by atoms with E-state index in [1.165, 1.54) is 5.56 Å². The summed E-state index contributed by atoms with van der Waals surface area (Å²) in [6.07, 6.45) is 0. The van der Waals surface area contributed by atoms with Crippen LogP contribution in [0.3, 0.4) is 0 Å². The number of fused-ring (bicyclic) bond motifs is 1. The number of benzene rings is 2. The normalized spacial score (nSPS) is 14.2. The third kappa shape index (κ3) is 2.48. The average molecular weight is 256 g/mol. The molecule has 0 spiro atoms. The van der Waals surface area contributed by atoms with Gasteiger partial charge in [-0.05, 0) is 17.7 Å². The SMILES string of the molecule is NCC(Nc1ccc2c(c1)OCO2)c1ccccc1. The zero-order valence-corrected chi connectivity index (χ0v) is 10.5. The van der Waals surface area contributed by atoms with E-state index in [0.29, 0.717) is 6.54 Å². The molecule has 0 radical (unpaired) electrons. The molecule has 19 heavy (non-hydrogen) atoms. The van der Waals surface area contributed by atoms with Crippen molar-refractivity contribution in [2.75, 3.05) is 18.7 Å². The molecule has 3 N–H and O–H groups in total. The molecule has 1 unspecified atom stereocenters. The summed E-state index contributed by atoms with van der Waals surface area (Å²) in [7, 11) is 0. The Morgan fingerprint density at radius 2 is 1.84 bits per heavy atom. The predicted molar refractivity (Wildman–Crippen MR) is 74.4 cm³/mol. The first-order valence-electron chi connectivity index (χ1n) is 6.28. The Balaban J connectivity index is 1.80. The minimum atomic E-state index is 0.0848. The third-order valence-electron chi connectivity index (χ3n) is 3.15. The zero-order valence-electron chi connectivity index (χ0n) is 10.5. The lowest BCUT2D eigenvalue weighted by molar-refractivity contribution is 0.174. The van der Waals surface area contributed by atoms with E-state index in [2.05, 4.69) is 17.4 Å². The van der Waals surface area contributed by atoms with Gasteiger partial charge < -0.3 is 20.5 Å². The highest BCUT2D eigenvalue weighted by Crippen LogP contribution is 2.35. The second-order valence-corrected chi connectivity index (χ2v) is 4.41. The minimum Gasteiger partial charge on any atom is -0.454 e. The van der Waals surface area contributed by atoms with Gasteiger partial charge in [0.2, 0.25) is 6.79 Å². The Bertz CT molecular complexity index is 557. The predicted octanol–water partition coefficient (Wildman–Crippen LogP) is 2.53. The largest absolute Gasteiger partial charge is 0.454 e. The fourth-order valence-electron chi connectivity index (χ4n) is 2.15. The van der Waals surface area contributed by atoms with E-state index in [9.17, 15) is 0 Å². The van der Waals surface area contributed by atoms with Crippen LogP contribution < -0.4 is 20.5 Å². The number of nitrogens with one attached hydrogen (secondary N) is 1. The molecule has 0 saturated carbocycles. The summed E-state index contributed by atoms with van der Waals surface area (Å²) in [5.41, 5.74) is 7.99. The van der Waals surface area contributed by atoms with Crippen LogP contribution in [0.4, 0.5) is 5.69 Å². The first kappa shape index (κ1) is 11.9. The standard InChI is InChI=1S/C15H16N2O2/c16-9-13(11-4-2-1-3-5-11)17-12-6-7-14-15(8-12)19-10-18-14/h1-8,13,17H,9-10,16H2. The van der Waals surface area contributed by atoms with Gasteiger partial charge >= 0.3 is 0 Å². The molecule has 1 atom stereocenters. The number of nitrogens with two attached hydrogens (primary N) is 1. The maximum Gasteiger partial charge on any atom is 0.231 e. The average Bonchev–Trinajstić information content (AvgIpc) is 2.93. The van der Waals surface area contributed by atoms with Crippen molar-refractivity contribution in [3.8, 4) is 11.5 Å². The van der Waals surface area contributed by atoms with Crippen molar-refractivity contribution in [2.24, 2.45) is 5.73 Å². The Hall–Kier alpha value is -2.20. The van der Waals surface area contributed by atoms with Gasteiger partial charge in [0.25, 0.3) is 0 Å². The van der Waals surface area contributed by atoms with Crippen LogP contribution in [0.2, 0.25) is 0 Å². The fraction of sp³-hybridized carbons (Fsp3) is 0.200. The summed E-state index contributed by atoms with van der Waals surface area (Å²) in [4.78, 5) is 0. The van der Waals surface area contributed by atoms with E-state index in [1.807, 2.05) is 36.4 Å². The lowest BCUT2D eigenvalue weighted by atomic mass is 10.1. The van der Waals surface area contributed by atoms with Crippen LogP contribution in [0, 0.1) is 0 Å². The number of hydrogen-bond acceptors (Lipinski definition) is 4. The van der Waals surface area contributed by atoms with Crippen LogP contribution in [0.5, 0.6) is 11.5 Å². The third-order valence-corrected chi connectivity index (χ3v) is 3.15. The molecule has 0 fully saturated rings. The zero-order chi connectivity index (χ0) is 13.1. The van der Waals surface area contributed by atoms with Gasteiger partial charge in [0, 0.05) is 18.3 Å². The van der Waals surface area contributed by atoms with Gasteiger partial charge in [-0.25, -0.2) is 0 Å². The molecule has 0 saturated heterocycles. The molecule has 0 aliphatic carbocycles. The van der Waals surface area contributed by atoms with E-state index < -0.39 is 0 Å². The second-order valence-electron chi connectivity index (χ2n) is 4.41. The number of hydrogen-bond donors (Lipinski definition) is 2. The molecule has 0 bridgehead atoms. The number of anilines is 1. The monoisotopic (exact) mass is 256 g/mol. The van der Waals surface area contributed by atoms with Crippen molar-refractivity contribution in [1.29, 1.82) is 0 Å². The van der Waals surface area contributed by atoms with Gasteiger partial charge in [0.15, 0.2) is 11.5 Å². The molecule has 0 aromatic heterocycles. The molecule has 98 valence electrons. The molecule has 4 nitrogen and oxygen atoms in total. The lowest BCUT2D eigenvalue weighted by Crippen LogP contribution is -2.20. The summed E-state index contributed by atoms with van der Waals surface area (Å²) < 4.78 is 10.7. The summed E-state index contributed by atoms with van der Waals surface area (Å²) in [5, 5.41) is 3.41. The van der Waals surface area contributed by atoms with Crippen LogP contribution in [0.15, 0.2) is 48.5 Å². The summed E-state index contributed by atoms with van der Waals surface area (Å²) in [5.74, 6) is 1.56. The maximum absolute atomic E-state index is 5.85. The van der Waals surface area contributed by atoms with Crippen LogP contribution in [0.25, 0.3) is 0 Å². The van der Waals surface area contributed by atoms with E-state index in [-0.39, 0.29) is 12.8 Å². The summed E-state index contributed by atoms with van der Waals surface area (Å²) in [6.45, 7) is 0.816. The highest BCUT2D eigenvalue weighted by molar-refractivity contribution is 5.56.